The van der Waals surface area contributed by atoms with Gasteiger partial charge in [0.1, 0.15) is 12.0 Å². The van der Waals surface area contributed by atoms with Gasteiger partial charge in [-0.05, 0) is 37.5 Å². The topological polar surface area (TPSA) is 75.4 Å². The summed E-state index contributed by atoms with van der Waals surface area (Å²) in [5, 5.41) is 7.09. The van der Waals surface area contributed by atoms with E-state index in [4.69, 9.17) is 4.52 Å². The van der Waals surface area contributed by atoms with E-state index in [1.165, 1.54) is 0 Å². The number of aromatic nitrogens is 1. The number of nitrogens with zero attached hydrogens (tertiary/aromatic N) is 2. The Morgan fingerprint density at radius 3 is 2.71 bits per heavy atom. The molecule has 6 heteroatoms. The molecule has 1 spiro atoms. The number of aryl methyl sites for hydroxylation is 1. The molecule has 28 heavy (non-hydrogen) atoms. The zero-order valence-corrected chi connectivity index (χ0v) is 16.2. The van der Waals surface area contributed by atoms with E-state index < -0.39 is 0 Å². The Hall–Kier alpha value is -2.63. The number of hydrogen-bond acceptors (Lipinski definition) is 4. The van der Waals surface area contributed by atoms with Gasteiger partial charge < -0.3 is 14.7 Å². The Labute approximate surface area is 165 Å². The number of hydrogen-bond donors (Lipinski definition) is 1. The van der Waals surface area contributed by atoms with Crippen molar-refractivity contribution in [1.29, 1.82) is 0 Å². The quantitative estimate of drug-likeness (QED) is 0.883. The van der Waals surface area contributed by atoms with E-state index >= 15 is 0 Å². The maximum Gasteiger partial charge on any atom is 0.222 e. The van der Waals surface area contributed by atoms with Crippen LogP contribution in [0.15, 0.2) is 41.1 Å². The number of benzene rings is 1. The molecule has 2 aliphatic rings. The summed E-state index contributed by atoms with van der Waals surface area (Å²) in [6.07, 6.45) is 7.33. The number of carbonyl (C=O) groups is 2. The Kier molecular flexibility index (Phi) is 5.46. The minimum Gasteiger partial charge on any atom is -0.364 e. The lowest BCUT2D eigenvalue weighted by molar-refractivity contribution is -0.133. The summed E-state index contributed by atoms with van der Waals surface area (Å²) in [5.41, 5.74) is 3.03. The first-order chi connectivity index (χ1) is 13.7. The van der Waals surface area contributed by atoms with Crippen molar-refractivity contribution in [3.8, 4) is 11.3 Å². The fraction of sp³-hybridized carbons (Fsp3) is 0.500. The van der Waals surface area contributed by atoms with Gasteiger partial charge in [0.2, 0.25) is 11.8 Å². The van der Waals surface area contributed by atoms with Crippen LogP contribution in [0.4, 0.5) is 0 Å². The van der Waals surface area contributed by atoms with E-state index in [2.05, 4.69) is 10.5 Å². The van der Waals surface area contributed by atoms with Crippen LogP contribution >= 0.6 is 0 Å². The number of carbonyl (C=O) groups excluding carboxylic acids is 2. The molecule has 0 bridgehead atoms. The molecule has 2 amide bonds. The van der Waals surface area contributed by atoms with Crippen molar-refractivity contribution in [2.75, 3.05) is 19.6 Å². The van der Waals surface area contributed by atoms with E-state index in [0.717, 1.165) is 62.1 Å². The van der Waals surface area contributed by atoms with Crippen molar-refractivity contribution in [1.82, 2.24) is 15.4 Å². The van der Waals surface area contributed by atoms with Gasteiger partial charge in [0, 0.05) is 43.6 Å². The fourth-order valence-corrected chi connectivity index (χ4v) is 4.46. The van der Waals surface area contributed by atoms with E-state index in [9.17, 15) is 9.59 Å². The predicted octanol–water partition coefficient (Wildman–Crippen LogP) is 3.18. The van der Waals surface area contributed by atoms with Gasteiger partial charge in [0.15, 0.2) is 0 Å². The summed E-state index contributed by atoms with van der Waals surface area (Å²) in [6, 6.07) is 9.91. The number of likely N-dealkylation sites (tertiary alicyclic amines) is 1. The molecule has 1 aromatic carbocycles. The second kappa shape index (κ2) is 8.17. The minimum absolute atomic E-state index is 0.165. The molecule has 0 unspecified atom stereocenters. The van der Waals surface area contributed by atoms with E-state index in [0.29, 0.717) is 19.3 Å². The molecule has 0 saturated carbocycles. The van der Waals surface area contributed by atoms with Crippen molar-refractivity contribution >= 4 is 11.8 Å². The highest BCUT2D eigenvalue weighted by molar-refractivity contribution is 5.77. The van der Waals surface area contributed by atoms with Gasteiger partial charge in [-0.3, -0.25) is 9.59 Å². The van der Waals surface area contributed by atoms with Crippen LogP contribution in [0.2, 0.25) is 0 Å². The van der Waals surface area contributed by atoms with Crippen molar-refractivity contribution in [3.05, 3.63) is 42.2 Å². The third-order valence-corrected chi connectivity index (χ3v) is 6.34. The summed E-state index contributed by atoms with van der Waals surface area (Å²) < 4.78 is 5.17. The molecule has 2 fully saturated rings. The molecule has 2 aliphatic heterocycles. The lowest BCUT2D eigenvalue weighted by Gasteiger charge is -2.41. The van der Waals surface area contributed by atoms with Crippen molar-refractivity contribution in [2.45, 2.75) is 44.9 Å². The Bertz CT molecular complexity index is 823. The number of rotatable bonds is 4. The van der Waals surface area contributed by atoms with Crippen LogP contribution in [0.1, 0.15) is 44.1 Å². The molecular weight excluding hydrogens is 354 g/mol. The van der Waals surface area contributed by atoms with Gasteiger partial charge in [-0.25, -0.2) is 0 Å². The third kappa shape index (κ3) is 4.11. The molecule has 0 aliphatic carbocycles. The van der Waals surface area contributed by atoms with Crippen LogP contribution in [-0.4, -0.2) is 41.5 Å². The lowest BCUT2D eigenvalue weighted by Crippen LogP contribution is -2.43. The minimum atomic E-state index is 0.165. The van der Waals surface area contributed by atoms with Gasteiger partial charge in [-0.1, -0.05) is 35.5 Å². The maximum atomic E-state index is 12.7. The lowest BCUT2D eigenvalue weighted by atomic mass is 9.73. The van der Waals surface area contributed by atoms with Gasteiger partial charge >= 0.3 is 0 Å². The highest BCUT2D eigenvalue weighted by Crippen LogP contribution is 2.40. The summed E-state index contributed by atoms with van der Waals surface area (Å²) in [6.45, 7) is 2.35. The highest BCUT2D eigenvalue weighted by atomic mass is 16.5. The summed E-state index contributed by atoms with van der Waals surface area (Å²) in [7, 11) is 0. The third-order valence-electron chi connectivity index (χ3n) is 6.34. The summed E-state index contributed by atoms with van der Waals surface area (Å²) in [4.78, 5) is 26.3. The second-order valence-corrected chi connectivity index (χ2v) is 8.04. The van der Waals surface area contributed by atoms with Gasteiger partial charge in [0.05, 0.1) is 0 Å². The van der Waals surface area contributed by atoms with Crippen LogP contribution in [-0.2, 0) is 16.0 Å². The van der Waals surface area contributed by atoms with E-state index in [-0.39, 0.29) is 17.2 Å². The molecule has 2 saturated heterocycles. The van der Waals surface area contributed by atoms with Gasteiger partial charge in [-0.2, -0.15) is 0 Å². The number of nitrogens with one attached hydrogen (secondary N) is 1. The van der Waals surface area contributed by atoms with E-state index in [1.807, 2.05) is 35.2 Å². The predicted molar refractivity (Wildman–Crippen MR) is 105 cm³/mol. The second-order valence-electron chi connectivity index (χ2n) is 8.04. The smallest absolute Gasteiger partial charge is 0.222 e. The fourth-order valence-electron chi connectivity index (χ4n) is 4.46. The molecule has 1 N–H and O–H groups in total. The monoisotopic (exact) mass is 381 g/mol. The average Bonchev–Trinajstić information content (AvgIpc) is 3.13. The van der Waals surface area contributed by atoms with Crippen molar-refractivity contribution in [2.24, 2.45) is 5.41 Å². The largest absolute Gasteiger partial charge is 0.364 e. The first kappa shape index (κ1) is 18.7. The van der Waals surface area contributed by atoms with Crippen molar-refractivity contribution in [3.63, 3.8) is 0 Å². The zero-order valence-electron chi connectivity index (χ0n) is 16.2. The van der Waals surface area contributed by atoms with Crippen LogP contribution < -0.4 is 5.32 Å². The zero-order chi connectivity index (χ0) is 19.4. The Morgan fingerprint density at radius 2 is 1.93 bits per heavy atom. The number of amides is 2. The maximum absolute atomic E-state index is 12.7. The van der Waals surface area contributed by atoms with Crippen LogP contribution in [0.25, 0.3) is 11.3 Å². The van der Waals surface area contributed by atoms with Gasteiger partial charge in [-0.15, -0.1) is 0 Å². The first-order valence-electron chi connectivity index (χ1n) is 10.2. The van der Waals surface area contributed by atoms with Crippen LogP contribution in [0, 0.1) is 5.41 Å². The molecule has 4 rings (SSSR count). The number of piperidine rings is 1. The van der Waals surface area contributed by atoms with Crippen LogP contribution in [0.5, 0.6) is 0 Å². The molecule has 3 heterocycles. The SMILES string of the molecule is O=C1CCC2(CCN1)CCN(C(=O)CCc1conc1-c1ccccc1)CC2. The summed E-state index contributed by atoms with van der Waals surface area (Å²) in [5.74, 6) is 0.358. The molecule has 2 aromatic rings. The summed E-state index contributed by atoms with van der Waals surface area (Å²) >= 11 is 0. The Morgan fingerprint density at radius 1 is 1.14 bits per heavy atom. The van der Waals surface area contributed by atoms with Crippen molar-refractivity contribution < 1.29 is 14.1 Å². The molecule has 0 atom stereocenters. The first-order valence-corrected chi connectivity index (χ1v) is 10.2. The highest BCUT2D eigenvalue weighted by Gasteiger charge is 2.37. The van der Waals surface area contributed by atoms with E-state index in [1.54, 1.807) is 6.26 Å². The standard InChI is InChI=1S/C22H27N3O3/c26-19-8-9-22(10-13-23-19)11-14-25(15-12-22)20(27)7-6-18-16-28-24-21(18)17-4-2-1-3-5-17/h1-5,16H,6-15H2,(H,23,26). The Balaban J connectivity index is 1.31. The normalized spacial score (nSPS) is 19.3. The molecular formula is C22H27N3O3. The molecule has 148 valence electrons. The molecule has 0 radical (unpaired) electrons. The van der Waals surface area contributed by atoms with Gasteiger partial charge in [0.25, 0.3) is 0 Å². The van der Waals surface area contributed by atoms with Crippen LogP contribution in [0.3, 0.4) is 0 Å². The molecule has 1 aromatic heterocycles. The average molecular weight is 381 g/mol. The molecule has 6 nitrogen and oxygen atoms in total.